The van der Waals surface area contributed by atoms with Crippen molar-refractivity contribution >= 4 is 24.2 Å². The van der Waals surface area contributed by atoms with Crippen molar-refractivity contribution in [3.63, 3.8) is 0 Å². The molecule has 3 heteroatoms. The van der Waals surface area contributed by atoms with Gasteiger partial charge in [0.2, 0.25) is 8.32 Å². The van der Waals surface area contributed by atoms with Gasteiger partial charge in [0.25, 0.3) is 0 Å². The molecule has 0 spiro atoms. The smallest absolute Gasteiger partial charge is 0.242 e. The van der Waals surface area contributed by atoms with E-state index in [1.807, 2.05) is 12.1 Å². The van der Waals surface area contributed by atoms with Crippen LogP contribution in [0.25, 0.3) is 0 Å². The van der Waals surface area contributed by atoms with Gasteiger partial charge in [-0.05, 0) is 54.1 Å². The Kier molecular flexibility index (Phi) is 3.19. The van der Waals surface area contributed by atoms with E-state index in [4.69, 9.17) is 4.43 Å². The molecule has 0 aromatic heterocycles. The first-order valence-electron chi connectivity index (χ1n) is 4.34. The van der Waals surface area contributed by atoms with Crippen LogP contribution < -0.4 is 4.43 Å². The lowest BCUT2D eigenvalue weighted by Gasteiger charge is -2.20. The van der Waals surface area contributed by atoms with Gasteiger partial charge < -0.3 is 4.43 Å². The molecule has 72 valence electrons. The van der Waals surface area contributed by atoms with E-state index in [2.05, 4.69) is 48.6 Å². The summed E-state index contributed by atoms with van der Waals surface area (Å²) in [4.78, 5) is 0. The van der Waals surface area contributed by atoms with E-state index in [0.717, 1.165) is 10.2 Å². The summed E-state index contributed by atoms with van der Waals surface area (Å²) in [6.45, 7) is 8.62. The van der Waals surface area contributed by atoms with Crippen molar-refractivity contribution in [1.82, 2.24) is 0 Å². The lowest BCUT2D eigenvalue weighted by molar-refractivity contribution is 0.553. The highest BCUT2D eigenvalue weighted by Crippen LogP contribution is 2.29. The fraction of sp³-hybridized carbons (Fsp3) is 0.400. The fourth-order valence-corrected chi connectivity index (χ4v) is 2.35. The molecule has 1 aromatic rings. The molecule has 1 rings (SSSR count). The minimum Gasteiger partial charge on any atom is -0.544 e. The van der Waals surface area contributed by atoms with Crippen LogP contribution in [0.15, 0.2) is 22.7 Å². The first-order valence-corrected chi connectivity index (χ1v) is 8.54. The van der Waals surface area contributed by atoms with Gasteiger partial charge in [0.15, 0.2) is 0 Å². The Morgan fingerprint density at radius 1 is 1.23 bits per heavy atom. The zero-order valence-electron chi connectivity index (χ0n) is 8.52. The summed E-state index contributed by atoms with van der Waals surface area (Å²) in [5, 5.41) is 0. The predicted molar refractivity (Wildman–Crippen MR) is 62.9 cm³/mol. The number of hydrogen-bond acceptors (Lipinski definition) is 1. The summed E-state index contributed by atoms with van der Waals surface area (Å²) in [6, 6.07) is 6.10. The Labute approximate surface area is 89.4 Å². The molecule has 0 radical (unpaired) electrons. The topological polar surface area (TPSA) is 9.23 Å². The summed E-state index contributed by atoms with van der Waals surface area (Å²) in [5.74, 6) is 0.971. The molecule has 0 fully saturated rings. The molecule has 0 unspecified atom stereocenters. The maximum absolute atomic E-state index is 5.91. The minimum atomic E-state index is -1.48. The number of benzene rings is 1. The van der Waals surface area contributed by atoms with Crippen LogP contribution in [0.5, 0.6) is 5.75 Å². The Morgan fingerprint density at radius 3 is 2.38 bits per heavy atom. The normalized spacial score (nSPS) is 11.5. The van der Waals surface area contributed by atoms with Crippen LogP contribution >= 0.6 is 15.9 Å². The third kappa shape index (κ3) is 3.16. The first kappa shape index (κ1) is 10.8. The predicted octanol–water partition coefficient (Wildman–Crippen LogP) is 3.97. The SMILES string of the molecule is Cc1cccc(O[Si](C)(C)C)c1Br. The van der Waals surface area contributed by atoms with Crippen molar-refractivity contribution < 1.29 is 4.43 Å². The van der Waals surface area contributed by atoms with Gasteiger partial charge in [-0.25, -0.2) is 0 Å². The Hall–Kier alpha value is -0.283. The van der Waals surface area contributed by atoms with Gasteiger partial charge in [-0.2, -0.15) is 0 Å². The minimum absolute atomic E-state index is 0.971. The second-order valence-electron chi connectivity index (χ2n) is 4.10. The van der Waals surface area contributed by atoms with E-state index in [0.29, 0.717) is 0 Å². The van der Waals surface area contributed by atoms with Crippen LogP contribution in [0.2, 0.25) is 19.6 Å². The molecule has 0 heterocycles. The highest BCUT2D eigenvalue weighted by molar-refractivity contribution is 9.10. The molecule has 0 atom stereocenters. The molecule has 0 saturated heterocycles. The summed E-state index contributed by atoms with van der Waals surface area (Å²) in [6.07, 6.45) is 0. The van der Waals surface area contributed by atoms with E-state index in [1.165, 1.54) is 5.56 Å². The Balaban J connectivity index is 2.96. The Bertz CT molecular complexity index is 304. The summed E-state index contributed by atoms with van der Waals surface area (Å²) >= 11 is 3.53. The molecule has 13 heavy (non-hydrogen) atoms. The maximum Gasteiger partial charge on any atom is 0.242 e. The van der Waals surface area contributed by atoms with Crippen molar-refractivity contribution in [1.29, 1.82) is 0 Å². The molecular weight excluding hydrogens is 244 g/mol. The Morgan fingerprint density at radius 2 is 1.85 bits per heavy atom. The third-order valence-electron chi connectivity index (χ3n) is 1.57. The monoisotopic (exact) mass is 258 g/mol. The van der Waals surface area contributed by atoms with Crippen LogP contribution in [0.4, 0.5) is 0 Å². The van der Waals surface area contributed by atoms with E-state index in [9.17, 15) is 0 Å². The van der Waals surface area contributed by atoms with Gasteiger partial charge in [0.1, 0.15) is 5.75 Å². The van der Waals surface area contributed by atoms with Gasteiger partial charge >= 0.3 is 0 Å². The lowest BCUT2D eigenvalue weighted by atomic mass is 10.2. The van der Waals surface area contributed by atoms with Crippen LogP contribution in [0, 0.1) is 6.92 Å². The van der Waals surface area contributed by atoms with Crippen LogP contribution in [0.1, 0.15) is 5.56 Å². The molecule has 0 amide bonds. The molecule has 1 aromatic carbocycles. The zero-order valence-corrected chi connectivity index (χ0v) is 11.1. The highest BCUT2D eigenvalue weighted by Gasteiger charge is 2.17. The van der Waals surface area contributed by atoms with Crippen molar-refractivity contribution in [2.24, 2.45) is 0 Å². The maximum atomic E-state index is 5.91. The highest BCUT2D eigenvalue weighted by atomic mass is 79.9. The van der Waals surface area contributed by atoms with Gasteiger partial charge in [0, 0.05) is 0 Å². The van der Waals surface area contributed by atoms with Gasteiger partial charge in [-0.15, -0.1) is 0 Å². The summed E-state index contributed by atoms with van der Waals surface area (Å²) in [7, 11) is -1.48. The molecule has 0 N–H and O–H groups in total. The van der Waals surface area contributed by atoms with E-state index in [1.54, 1.807) is 0 Å². The molecule has 0 aliphatic rings. The standard InChI is InChI=1S/C10H15BrOSi/c1-8-6-5-7-9(10(8)11)12-13(2,3)4/h5-7H,1-4H3. The number of halogens is 1. The number of hydrogen-bond donors (Lipinski definition) is 0. The quantitative estimate of drug-likeness (QED) is 0.730. The van der Waals surface area contributed by atoms with E-state index in [-0.39, 0.29) is 0 Å². The van der Waals surface area contributed by atoms with Gasteiger partial charge in [0.05, 0.1) is 4.47 Å². The third-order valence-corrected chi connectivity index (χ3v) is 3.42. The van der Waals surface area contributed by atoms with Crippen molar-refractivity contribution in [3.8, 4) is 5.75 Å². The van der Waals surface area contributed by atoms with Crippen LogP contribution in [0.3, 0.4) is 0 Å². The van der Waals surface area contributed by atoms with E-state index >= 15 is 0 Å². The molecule has 0 aliphatic heterocycles. The average Bonchev–Trinajstić information content (AvgIpc) is 1.96. The molecule has 0 bridgehead atoms. The molecule has 0 saturated carbocycles. The summed E-state index contributed by atoms with van der Waals surface area (Å²) < 4.78 is 6.99. The number of rotatable bonds is 2. The van der Waals surface area contributed by atoms with Crippen molar-refractivity contribution in [2.75, 3.05) is 0 Å². The largest absolute Gasteiger partial charge is 0.544 e. The second kappa shape index (κ2) is 3.84. The van der Waals surface area contributed by atoms with E-state index < -0.39 is 8.32 Å². The fourth-order valence-electron chi connectivity index (χ4n) is 1.03. The number of aryl methyl sites for hydroxylation is 1. The van der Waals surface area contributed by atoms with Gasteiger partial charge in [-0.1, -0.05) is 12.1 Å². The average molecular weight is 259 g/mol. The van der Waals surface area contributed by atoms with Gasteiger partial charge in [-0.3, -0.25) is 0 Å². The molecule has 0 aliphatic carbocycles. The van der Waals surface area contributed by atoms with Crippen molar-refractivity contribution in [3.05, 3.63) is 28.2 Å². The van der Waals surface area contributed by atoms with Crippen LogP contribution in [-0.4, -0.2) is 8.32 Å². The molecule has 1 nitrogen and oxygen atoms in total. The molecular formula is C10H15BrOSi. The lowest BCUT2D eigenvalue weighted by Crippen LogP contribution is -2.29. The van der Waals surface area contributed by atoms with Crippen LogP contribution in [-0.2, 0) is 0 Å². The summed E-state index contributed by atoms with van der Waals surface area (Å²) in [5.41, 5.74) is 1.22. The zero-order chi connectivity index (χ0) is 10.1. The first-order chi connectivity index (χ1) is 5.90. The second-order valence-corrected chi connectivity index (χ2v) is 9.32. The van der Waals surface area contributed by atoms with Crippen molar-refractivity contribution in [2.45, 2.75) is 26.6 Å².